The number of hydrogen-bond donors (Lipinski definition) is 1. The molecule has 0 aromatic carbocycles. The number of hydrogen-bond acceptors (Lipinski definition) is 3. The monoisotopic (exact) mass is 271 g/mol. The maximum absolute atomic E-state index is 5.65. The van der Waals surface area contributed by atoms with Gasteiger partial charge in [-0.3, -0.25) is 4.98 Å². The number of aromatic nitrogens is 2. The fraction of sp³-hybridized carbons (Fsp3) is 0. The second-order valence-electron chi connectivity index (χ2n) is 2.39. The highest BCUT2D eigenvalue weighted by Crippen LogP contribution is 2.20. The smallest absolute Gasteiger partial charge is 0.150 e. The number of nitrogen functional groups attached to an aromatic ring is 1. The third kappa shape index (κ3) is 1.12. The van der Waals surface area contributed by atoms with Gasteiger partial charge in [0, 0.05) is 21.4 Å². The summed E-state index contributed by atoms with van der Waals surface area (Å²) in [5.41, 5.74) is 6.43. The average molecular weight is 271 g/mol. The molecule has 2 heterocycles. The quantitative estimate of drug-likeness (QED) is 0.743. The van der Waals surface area contributed by atoms with Crippen LogP contribution in [0.15, 0.2) is 24.5 Å². The third-order valence-electron chi connectivity index (χ3n) is 1.62. The summed E-state index contributed by atoms with van der Waals surface area (Å²) in [5, 5.41) is 1.06. The van der Waals surface area contributed by atoms with Crippen molar-refractivity contribution in [1.82, 2.24) is 9.97 Å². The van der Waals surface area contributed by atoms with Crippen molar-refractivity contribution in [3.05, 3.63) is 28.1 Å². The SMILES string of the molecule is Nc1ncc(I)c2cccnc12. The van der Waals surface area contributed by atoms with Gasteiger partial charge in [0.1, 0.15) is 11.3 Å². The van der Waals surface area contributed by atoms with Gasteiger partial charge in [0.2, 0.25) is 0 Å². The van der Waals surface area contributed by atoms with Crippen LogP contribution in [-0.4, -0.2) is 9.97 Å². The van der Waals surface area contributed by atoms with Gasteiger partial charge in [0.25, 0.3) is 0 Å². The van der Waals surface area contributed by atoms with E-state index in [-0.39, 0.29) is 0 Å². The minimum atomic E-state index is 0.492. The van der Waals surface area contributed by atoms with Crippen LogP contribution in [0.1, 0.15) is 0 Å². The van der Waals surface area contributed by atoms with E-state index in [9.17, 15) is 0 Å². The lowest BCUT2D eigenvalue weighted by Gasteiger charge is -2.00. The van der Waals surface area contributed by atoms with E-state index < -0.39 is 0 Å². The van der Waals surface area contributed by atoms with Gasteiger partial charge < -0.3 is 5.73 Å². The van der Waals surface area contributed by atoms with Crippen molar-refractivity contribution in [3.63, 3.8) is 0 Å². The van der Waals surface area contributed by atoms with Crippen LogP contribution in [0.25, 0.3) is 10.9 Å². The number of pyridine rings is 2. The fourth-order valence-corrected chi connectivity index (χ4v) is 1.63. The number of nitrogens with zero attached hydrogens (tertiary/aromatic N) is 2. The molecule has 0 fully saturated rings. The van der Waals surface area contributed by atoms with E-state index in [1.165, 1.54) is 0 Å². The number of nitrogens with two attached hydrogens (primary N) is 1. The number of fused-ring (bicyclic) bond motifs is 1. The van der Waals surface area contributed by atoms with Crippen LogP contribution in [0.3, 0.4) is 0 Å². The maximum atomic E-state index is 5.65. The molecule has 0 aliphatic heterocycles. The van der Waals surface area contributed by atoms with Gasteiger partial charge in [-0.1, -0.05) is 6.07 Å². The molecule has 4 heteroatoms. The van der Waals surface area contributed by atoms with Crippen molar-refractivity contribution in [2.75, 3.05) is 5.73 Å². The van der Waals surface area contributed by atoms with Crippen molar-refractivity contribution >= 4 is 39.3 Å². The van der Waals surface area contributed by atoms with Crippen molar-refractivity contribution in [2.24, 2.45) is 0 Å². The van der Waals surface area contributed by atoms with E-state index in [2.05, 4.69) is 32.6 Å². The first-order chi connectivity index (χ1) is 5.79. The Hall–Kier alpha value is -0.910. The molecule has 0 amide bonds. The Morgan fingerprint density at radius 1 is 1.33 bits per heavy atom. The zero-order chi connectivity index (χ0) is 8.55. The summed E-state index contributed by atoms with van der Waals surface area (Å²) in [6.45, 7) is 0. The highest BCUT2D eigenvalue weighted by molar-refractivity contribution is 14.1. The number of anilines is 1. The Labute approximate surface area is 83.2 Å². The van der Waals surface area contributed by atoms with Crippen LogP contribution in [0, 0.1) is 3.57 Å². The van der Waals surface area contributed by atoms with E-state index in [4.69, 9.17) is 5.73 Å². The molecule has 0 aliphatic rings. The van der Waals surface area contributed by atoms with Crippen LogP contribution >= 0.6 is 22.6 Å². The van der Waals surface area contributed by atoms with Crippen molar-refractivity contribution < 1.29 is 0 Å². The summed E-state index contributed by atoms with van der Waals surface area (Å²) in [4.78, 5) is 8.16. The summed E-state index contributed by atoms with van der Waals surface area (Å²) in [6, 6.07) is 3.88. The number of rotatable bonds is 0. The first-order valence-corrected chi connectivity index (χ1v) is 4.51. The van der Waals surface area contributed by atoms with Crippen molar-refractivity contribution in [2.45, 2.75) is 0 Å². The number of halogens is 1. The van der Waals surface area contributed by atoms with Crippen molar-refractivity contribution in [3.8, 4) is 0 Å². The Bertz CT molecular complexity index is 387. The van der Waals surface area contributed by atoms with Gasteiger partial charge in [0.15, 0.2) is 0 Å². The largest absolute Gasteiger partial charge is 0.382 e. The molecule has 2 rings (SSSR count). The second kappa shape index (κ2) is 2.85. The van der Waals surface area contributed by atoms with Gasteiger partial charge in [-0.05, 0) is 28.7 Å². The molecule has 0 bridgehead atoms. The normalized spacial score (nSPS) is 10.4. The lowest BCUT2D eigenvalue weighted by Crippen LogP contribution is -1.94. The molecule has 3 nitrogen and oxygen atoms in total. The molecule has 0 aliphatic carbocycles. The minimum Gasteiger partial charge on any atom is -0.382 e. The van der Waals surface area contributed by atoms with Crippen LogP contribution in [0.2, 0.25) is 0 Å². The second-order valence-corrected chi connectivity index (χ2v) is 3.55. The highest BCUT2D eigenvalue weighted by Gasteiger charge is 2.02. The molecular weight excluding hydrogens is 265 g/mol. The van der Waals surface area contributed by atoms with E-state index in [1.54, 1.807) is 12.4 Å². The maximum Gasteiger partial charge on any atom is 0.150 e. The molecule has 2 N–H and O–H groups in total. The average Bonchev–Trinajstić information content (AvgIpc) is 2.12. The van der Waals surface area contributed by atoms with Crippen LogP contribution in [-0.2, 0) is 0 Å². The molecule has 0 unspecified atom stereocenters. The van der Waals surface area contributed by atoms with E-state index in [0.29, 0.717) is 5.82 Å². The summed E-state index contributed by atoms with van der Waals surface area (Å²) in [6.07, 6.45) is 3.47. The summed E-state index contributed by atoms with van der Waals surface area (Å²) in [5.74, 6) is 0.492. The molecule has 12 heavy (non-hydrogen) atoms. The van der Waals surface area contributed by atoms with Crippen molar-refractivity contribution in [1.29, 1.82) is 0 Å². The summed E-state index contributed by atoms with van der Waals surface area (Å²) in [7, 11) is 0. The molecule has 0 spiro atoms. The van der Waals surface area contributed by atoms with Crippen LogP contribution in [0.4, 0.5) is 5.82 Å². The van der Waals surface area contributed by atoms with Gasteiger partial charge in [-0.25, -0.2) is 4.98 Å². The summed E-state index contributed by atoms with van der Waals surface area (Å²) >= 11 is 2.22. The van der Waals surface area contributed by atoms with E-state index in [1.807, 2.05) is 12.1 Å². The van der Waals surface area contributed by atoms with E-state index in [0.717, 1.165) is 14.5 Å². The molecular formula is C8H6IN3. The standard InChI is InChI=1S/C8H6IN3/c9-6-4-12-8(10)7-5(6)2-1-3-11-7/h1-4H,(H2,10,12). The predicted octanol–water partition coefficient (Wildman–Crippen LogP) is 1.82. The molecule has 0 saturated carbocycles. The lowest BCUT2D eigenvalue weighted by atomic mass is 10.2. The fourth-order valence-electron chi connectivity index (χ4n) is 1.06. The molecule has 0 atom stereocenters. The topological polar surface area (TPSA) is 51.8 Å². The third-order valence-corrected chi connectivity index (χ3v) is 2.48. The van der Waals surface area contributed by atoms with E-state index >= 15 is 0 Å². The van der Waals surface area contributed by atoms with Crippen LogP contribution in [0.5, 0.6) is 0 Å². The zero-order valence-corrected chi connectivity index (χ0v) is 8.32. The molecule has 2 aromatic rings. The van der Waals surface area contributed by atoms with Crippen LogP contribution < -0.4 is 5.73 Å². The Morgan fingerprint density at radius 2 is 2.17 bits per heavy atom. The predicted molar refractivity (Wildman–Crippen MR) is 56.7 cm³/mol. The Balaban J connectivity index is 2.95. The molecule has 0 radical (unpaired) electrons. The molecule has 2 aromatic heterocycles. The van der Waals surface area contributed by atoms with Gasteiger partial charge >= 0.3 is 0 Å². The van der Waals surface area contributed by atoms with Gasteiger partial charge in [0.05, 0.1) is 0 Å². The summed E-state index contributed by atoms with van der Waals surface area (Å²) < 4.78 is 1.07. The first kappa shape index (κ1) is 7.72. The Morgan fingerprint density at radius 3 is 2.92 bits per heavy atom. The molecule has 60 valence electrons. The first-order valence-electron chi connectivity index (χ1n) is 3.44. The molecule has 0 saturated heterocycles. The lowest BCUT2D eigenvalue weighted by molar-refractivity contribution is 1.30. The van der Waals surface area contributed by atoms with Gasteiger partial charge in [-0.15, -0.1) is 0 Å². The Kier molecular flexibility index (Phi) is 1.84. The minimum absolute atomic E-state index is 0.492. The zero-order valence-electron chi connectivity index (χ0n) is 6.16. The highest BCUT2D eigenvalue weighted by atomic mass is 127. The van der Waals surface area contributed by atoms with Gasteiger partial charge in [-0.2, -0.15) is 0 Å².